The number of rotatable bonds is 6. The van der Waals surface area contributed by atoms with Gasteiger partial charge in [-0.2, -0.15) is 5.11 Å². The monoisotopic (exact) mass is 409 g/mol. The molecule has 0 radical (unpaired) electrons. The third kappa shape index (κ3) is 4.86. The van der Waals surface area contributed by atoms with E-state index in [1.54, 1.807) is 25.1 Å². The normalized spacial score (nSPS) is 11.0. The number of halogens is 2. The van der Waals surface area contributed by atoms with Crippen molar-refractivity contribution in [3.63, 3.8) is 0 Å². The molecule has 0 aromatic heterocycles. The van der Waals surface area contributed by atoms with Gasteiger partial charge in [0.15, 0.2) is 5.82 Å². The van der Waals surface area contributed by atoms with Crippen molar-refractivity contribution in [2.45, 2.75) is 6.92 Å². The van der Waals surface area contributed by atoms with Gasteiger partial charge in [0.05, 0.1) is 17.9 Å². The summed E-state index contributed by atoms with van der Waals surface area (Å²) in [5.74, 6) is -2.05. The fraction of sp³-hybridized carbons (Fsp3) is 0.174. The summed E-state index contributed by atoms with van der Waals surface area (Å²) in [6, 6.07) is 15.7. The molecule has 0 N–H and O–H groups in total. The second-order valence-corrected chi connectivity index (χ2v) is 6.69. The lowest BCUT2D eigenvalue weighted by Crippen LogP contribution is -2.07. The molecule has 0 unspecified atom stereocenters. The number of benzene rings is 3. The first-order valence-electron chi connectivity index (χ1n) is 9.34. The number of hydrogen-bond donors (Lipinski definition) is 0. The number of carbonyl (C=O) groups excluding carboxylic acids is 1. The molecule has 0 aliphatic heterocycles. The summed E-state index contributed by atoms with van der Waals surface area (Å²) in [6.07, 6.45) is 0. The number of esters is 1. The third-order valence-corrected chi connectivity index (χ3v) is 4.38. The smallest absolute Gasteiger partial charge is 0.341 e. The maximum atomic E-state index is 14.5. The van der Waals surface area contributed by atoms with E-state index in [0.29, 0.717) is 16.8 Å². The second kappa shape index (κ2) is 9.26. The average molecular weight is 409 g/mol. The first-order valence-corrected chi connectivity index (χ1v) is 9.34. The van der Waals surface area contributed by atoms with Gasteiger partial charge in [0.1, 0.15) is 11.5 Å². The molecule has 0 aliphatic rings. The summed E-state index contributed by atoms with van der Waals surface area (Å²) in [4.78, 5) is 13.7. The Morgan fingerprint density at radius 1 is 0.900 bits per heavy atom. The van der Waals surface area contributed by atoms with E-state index in [0.717, 1.165) is 5.69 Å². The van der Waals surface area contributed by atoms with Gasteiger partial charge in [0, 0.05) is 19.8 Å². The Morgan fingerprint density at radius 3 is 2.10 bits per heavy atom. The van der Waals surface area contributed by atoms with Crippen LogP contribution >= 0.6 is 0 Å². The van der Waals surface area contributed by atoms with Gasteiger partial charge in [-0.15, -0.1) is 5.11 Å². The molecular weight excluding hydrogens is 388 g/mol. The predicted octanol–water partition coefficient (Wildman–Crippen LogP) is 6.29. The van der Waals surface area contributed by atoms with Crippen LogP contribution in [0.3, 0.4) is 0 Å². The highest BCUT2D eigenvalue weighted by molar-refractivity contribution is 5.90. The Kier molecular flexibility index (Phi) is 6.51. The Hall–Kier alpha value is -3.61. The Bertz CT molecular complexity index is 1080. The summed E-state index contributed by atoms with van der Waals surface area (Å²) in [5.41, 5.74) is 2.41. The van der Waals surface area contributed by atoms with Gasteiger partial charge in [-0.25, -0.2) is 13.6 Å². The van der Waals surface area contributed by atoms with Crippen LogP contribution in [-0.4, -0.2) is 26.7 Å². The van der Waals surface area contributed by atoms with E-state index in [2.05, 4.69) is 10.2 Å². The number of azo groups is 1. The standard InChI is InChI=1S/C23H21F2N3O2/c1-4-30-23(29)19-11-5-15(13-20(19)24)16-6-12-22(21(25)14-16)27-26-17-7-9-18(10-8-17)28(2)3/h5-14H,4H2,1-3H3/b27-26+. The average Bonchev–Trinajstić information content (AvgIpc) is 2.73. The van der Waals surface area contributed by atoms with Crippen LogP contribution in [0.25, 0.3) is 11.1 Å². The number of hydrogen-bond acceptors (Lipinski definition) is 5. The van der Waals surface area contributed by atoms with E-state index in [-0.39, 0.29) is 17.9 Å². The molecule has 3 aromatic rings. The van der Waals surface area contributed by atoms with Crippen LogP contribution in [0.1, 0.15) is 17.3 Å². The van der Waals surface area contributed by atoms with Crippen LogP contribution in [0.2, 0.25) is 0 Å². The van der Waals surface area contributed by atoms with E-state index in [4.69, 9.17) is 4.74 Å². The molecule has 0 atom stereocenters. The van der Waals surface area contributed by atoms with E-state index < -0.39 is 17.6 Å². The Labute approximate surface area is 173 Å². The third-order valence-electron chi connectivity index (χ3n) is 4.38. The molecule has 0 bridgehead atoms. The van der Waals surface area contributed by atoms with Crippen LogP contribution < -0.4 is 4.90 Å². The summed E-state index contributed by atoms with van der Waals surface area (Å²) < 4.78 is 33.5. The fourth-order valence-corrected chi connectivity index (χ4v) is 2.77. The molecule has 0 fully saturated rings. The largest absolute Gasteiger partial charge is 0.462 e. The molecule has 5 nitrogen and oxygen atoms in total. The summed E-state index contributed by atoms with van der Waals surface area (Å²) >= 11 is 0. The van der Waals surface area contributed by atoms with Gasteiger partial charge >= 0.3 is 5.97 Å². The Morgan fingerprint density at radius 2 is 1.53 bits per heavy atom. The van der Waals surface area contributed by atoms with Gasteiger partial charge in [-0.05, 0) is 66.6 Å². The molecule has 0 saturated carbocycles. The minimum atomic E-state index is -0.734. The van der Waals surface area contributed by atoms with E-state index in [9.17, 15) is 13.6 Å². The minimum absolute atomic E-state index is 0.0686. The fourth-order valence-electron chi connectivity index (χ4n) is 2.77. The van der Waals surface area contributed by atoms with Crippen molar-refractivity contribution in [3.05, 3.63) is 77.9 Å². The molecule has 0 spiro atoms. The van der Waals surface area contributed by atoms with Crippen molar-refractivity contribution < 1.29 is 18.3 Å². The SMILES string of the molecule is CCOC(=O)c1ccc(-c2ccc(/N=N/c3ccc(N(C)C)cc3)c(F)c2)cc1F. The first-order chi connectivity index (χ1) is 14.4. The minimum Gasteiger partial charge on any atom is -0.462 e. The molecule has 7 heteroatoms. The molecule has 0 aliphatic carbocycles. The number of carbonyl (C=O) groups is 1. The summed E-state index contributed by atoms with van der Waals surface area (Å²) in [7, 11) is 3.87. The lowest BCUT2D eigenvalue weighted by atomic mass is 10.0. The molecular formula is C23H21F2N3O2. The van der Waals surface area contributed by atoms with E-state index in [1.165, 1.54) is 30.3 Å². The summed E-state index contributed by atoms with van der Waals surface area (Å²) in [5, 5.41) is 8.02. The molecule has 154 valence electrons. The quantitative estimate of drug-likeness (QED) is 0.355. The summed E-state index contributed by atoms with van der Waals surface area (Å²) in [6.45, 7) is 1.80. The van der Waals surface area contributed by atoms with Crippen LogP contribution in [0.5, 0.6) is 0 Å². The lowest BCUT2D eigenvalue weighted by Gasteiger charge is -2.11. The van der Waals surface area contributed by atoms with E-state index >= 15 is 0 Å². The zero-order valence-corrected chi connectivity index (χ0v) is 16.9. The van der Waals surface area contributed by atoms with Gasteiger partial charge < -0.3 is 9.64 Å². The first kappa shape index (κ1) is 21.1. The maximum absolute atomic E-state index is 14.5. The van der Waals surface area contributed by atoms with Gasteiger partial charge in [0.2, 0.25) is 0 Å². The molecule has 0 saturated heterocycles. The Balaban J connectivity index is 1.79. The van der Waals surface area contributed by atoms with Crippen LogP contribution in [0, 0.1) is 11.6 Å². The molecule has 3 aromatic carbocycles. The second-order valence-electron chi connectivity index (χ2n) is 6.69. The highest BCUT2D eigenvalue weighted by Gasteiger charge is 2.14. The topological polar surface area (TPSA) is 54.3 Å². The van der Waals surface area contributed by atoms with Crippen molar-refractivity contribution in [2.24, 2.45) is 10.2 Å². The predicted molar refractivity (Wildman–Crippen MR) is 113 cm³/mol. The molecule has 30 heavy (non-hydrogen) atoms. The number of ether oxygens (including phenoxy) is 1. The molecule has 3 rings (SSSR count). The highest BCUT2D eigenvalue weighted by atomic mass is 19.1. The van der Waals surface area contributed by atoms with E-state index in [1.807, 2.05) is 31.1 Å². The van der Waals surface area contributed by atoms with Gasteiger partial charge in [0.25, 0.3) is 0 Å². The van der Waals surface area contributed by atoms with Gasteiger partial charge in [-0.1, -0.05) is 12.1 Å². The van der Waals surface area contributed by atoms with Crippen molar-refractivity contribution in [3.8, 4) is 11.1 Å². The molecule has 0 heterocycles. The van der Waals surface area contributed by atoms with Gasteiger partial charge in [-0.3, -0.25) is 0 Å². The zero-order chi connectivity index (χ0) is 21.7. The van der Waals surface area contributed by atoms with Crippen molar-refractivity contribution in [1.82, 2.24) is 0 Å². The van der Waals surface area contributed by atoms with Crippen LogP contribution in [0.15, 0.2) is 70.9 Å². The van der Waals surface area contributed by atoms with Crippen molar-refractivity contribution >= 4 is 23.0 Å². The lowest BCUT2D eigenvalue weighted by molar-refractivity contribution is 0.0521. The van der Waals surface area contributed by atoms with Crippen molar-refractivity contribution in [2.75, 3.05) is 25.6 Å². The maximum Gasteiger partial charge on any atom is 0.341 e. The highest BCUT2D eigenvalue weighted by Crippen LogP contribution is 2.29. The number of anilines is 1. The number of nitrogens with zero attached hydrogens (tertiary/aromatic N) is 3. The van der Waals surface area contributed by atoms with Crippen LogP contribution in [-0.2, 0) is 4.74 Å². The van der Waals surface area contributed by atoms with Crippen LogP contribution in [0.4, 0.5) is 25.8 Å². The van der Waals surface area contributed by atoms with Crippen molar-refractivity contribution in [1.29, 1.82) is 0 Å². The molecule has 0 amide bonds. The zero-order valence-electron chi connectivity index (χ0n) is 16.9.